The largest absolute Gasteiger partial charge is 0.495 e. The predicted octanol–water partition coefficient (Wildman–Crippen LogP) is 3.68. The summed E-state index contributed by atoms with van der Waals surface area (Å²) in [5.41, 5.74) is -0.723. The summed E-state index contributed by atoms with van der Waals surface area (Å²) in [4.78, 5) is 25.5. The Labute approximate surface area is 135 Å². The van der Waals surface area contributed by atoms with Crippen LogP contribution in [0.4, 0.5) is 5.69 Å². The number of anilines is 1. The minimum Gasteiger partial charge on any atom is -0.495 e. The number of rotatable bonds is 3. The molecule has 2 aliphatic rings. The number of Topliss-reactive ketones (excluding diaryl/α,β-unsaturated/α-hetero) is 1. The second-order valence-corrected chi connectivity index (χ2v) is 7.23. The summed E-state index contributed by atoms with van der Waals surface area (Å²) in [6.07, 6.45) is 2.06. The third kappa shape index (κ3) is 1.89. The fourth-order valence-corrected chi connectivity index (χ4v) is 4.39. The first-order valence-corrected chi connectivity index (χ1v) is 7.89. The van der Waals surface area contributed by atoms with Gasteiger partial charge in [-0.15, -0.1) is 0 Å². The summed E-state index contributed by atoms with van der Waals surface area (Å²) >= 11 is 6.00. The molecule has 1 N–H and O–H groups in total. The van der Waals surface area contributed by atoms with Gasteiger partial charge in [-0.1, -0.05) is 25.4 Å². The third-order valence-electron chi connectivity index (χ3n) is 5.69. The van der Waals surface area contributed by atoms with Crippen LogP contribution in [-0.2, 0) is 9.59 Å². The van der Waals surface area contributed by atoms with Gasteiger partial charge in [0, 0.05) is 11.4 Å². The van der Waals surface area contributed by atoms with Crippen LogP contribution in [0, 0.1) is 16.7 Å². The van der Waals surface area contributed by atoms with Gasteiger partial charge in [0.25, 0.3) is 0 Å². The highest BCUT2D eigenvalue weighted by atomic mass is 35.5. The number of ketones is 1. The number of nitrogens with one attached hydrogen (secondary N) is 1. The molecule has 2 fully saturated rings. The number of fused-ring (bicyclic) bond motifs is 2. The lowest BCUT2D eigenvalue weighted by atomic mass is 9.68. The summed E-state index contributed by atoms with van der Waals surface area (Å²) in [7, 11) is 1.54. The minimum atomic E-state index is -0.926. The molecule has 118 valence electrons. The van der Waals surface area contributed by atoms with Crippen LogP contribution in [-0.4, -0.2) is 18.8 Å². The van der Waals surface area contributed by atoms with Crippen molar-refractivity contribution in [2.45, 2.75) is 33.1 Å². The van der Waals surface area contributed by atoms with Crippen molar-refractivity contribution < 1.29 is 14.3 Å². The summed E-state index contributed by atoms with van der Waals surface area (Å²) in [5, 5.41) is 3.39. The highest BCUT2D eigenvalue weighted by Gasteiger charge is 2.68. The number of carbonyl (C=O) groups is 2. The van der Waals surface area contributed by atoms with Gasteiger partial charge in [-0.2, -0.15) is 0 Å². The van der Waals surface area contributed by atoms with Gasteiger partial charge in [0.1, 0.15) is 16.9 Å². The summed E-state index contributed by atoms with van der Waals surface area (Å²) in [6.45, 7) is 4.06. The number of halogens is 1. The van der Waals surface area contributed by atoms with E-state index in [9.17, 15) is 9.59 Å². The zero-order valence-electron chi connectivity index (χ0n) is 13.0. The van der Waals surface area contributed by atoms with Crippen molar-refractivity contribution in [1.82, 2.24) is 0 Å². The number of methoxy groups -OCH3 is 1. The van der Waals surface area contributed by atoms with E-state index in [1.807, 2.05) is 13.8 Å². The van der Waals surface area contributed by atoms with E-state index in [0.29, 0.717) is 35.2 Å². The second-order valence-electron chi connectivity index (χ2n) is 6.79. The first kappa shape index (κ1) is 15.3. The molecule has 5 heteroatoms. The Morgan fingerprint density at radius 1 is 1.41 bits per heavy atom. The van der Waals surface area contributed by atoms with Crippen LogP contribution in [0.1, 0.15) is 33.1 Å². The number of hydrogen-bond acceptors (Lipinski definition) is 3. The van der Waals surface area contributed by atoms with Crippen LogP contribution in [0.2, 0.25) is 5.02 Å². The van der Waals surface area contributed by atoms with E-state index >= 15 is 0 Å². The van der Waals surface area contributed by atoms with Crippen LogP contribution in [0.3, 0.4) is 0 Å². The standard InChI is InChI=1S/C17H20ClNO3/c1-16(2)10-6-7-17(16,14(20)8-10)15(21)19-12-9-11(18)4-5-13(12)22-3/h4-5,9-10H,6-8H2,1-3H3,(H,19,21). The van der Waals surface area contributed by atoms with Gasteiger partial charge in [-0.3, -0.25) is 9.59 Å². The van der Waals surface area contributed by atoms with Gasteiger partial charge in [-0.25, -0.2) is 0 Å². The minimum absolute atomic E-state index is 0.0623. The molecule has 1 aromatic rings. The maximum atomic E-state index is 13.0. The van der Waals surface area contributed by atoms with E-state index in [-0.39, 0.29) is 17.1 Å². The van der Waals surface area contributed by atoms with Crippen molar-refractivity contribution in [2.24, 2.45) is 16.7 Å². The third-order valence-corrected chi connectivity index (χ3v) is 5.93. The van der Waals surface area contributed by atoms with Crippen molar-refractivity contribution in [3.8, 4) is 5.75 Å². The first-order chi connectivity index (χ1) is 10.3. The summed E-state index contributed by atoms with van der Waals surface area (Å²) in [6, 6.07) is 5.05. The average molecular weight is 322 g/mol. The molecule has 2 saturated carbocycles. The molecule has 0 spiro atoms. The van der Waals surface area contributed by atoms with Crippen molar-refractivity contribution >= 4 is 29.0 Å². The molecule has 1 aromatic carbocycles. The number of amides is 1. The lowest BCUT2D eigenvalue weighted by Crippen LogP contribution is -2.46. The molecule has 2 bridgehead atoms. The second kappa shape index (κ2) is 4.98. The average Bonchev–Trinajstić information content (AvgIpc) is 2.82. The van der Waals surface area contributed by atoms with Gasteiger partial charge in [0.15, 0.2) is 0 Å². The fourth-order valence-electron chi connectivity index (χ4n) is 4.22. The number of ether oxygens (including phenoxy) is 1. The van der Waals surface area contributed by atoms with E-state index in [2.05, 4.69) is 5.32 Å². The van der Waals surface area contributed by atoms with Gasteiger partial charge in [0.05, 0.1) is 12.8 Å². The molecule has 0 aliphatic heterocycles. The molecule has 2 atom stereocenters. The van der Waals surface area contributed by atoms with Crippen LogP contribution in [0.15, 0.2) is 18.2 Å². The Morgan fingerprint density at radius 3 is 2.68 bits per heavy atom. The van der Waals surface area contributed by atoms with E-state index < -0.39 is 5.41 Å². The molecule has 0 aromatic heterocycles. The zero-order valence-corrected chi connectivity index (χ0v) is 13.8. The molecule has 4 nitrogen and oxygen atoms in total. The molecule has 3 rings (SSSR count). The molecule has 22 heavy (non-hydrogen) atoms. The Hall–Kier alpha value is -1.55. The van der Waals surface area contributed by atoms with Crippen LogP contribution in [0.25, 0.3) is 0 Å². The number of hydrogen-bond donors (Lipinski definition) is 1. The molecule has 0 heterocycles. The summed E-state index contributed by atoms with van der Waals surface area (Å²) < 4.78 is 5.26. The van der Waals surface area contributed by atoms with Crippen molar-refractivity contribution in [3.63, 3.8) is 0 Å². The van der Waals surface area contributed by atoms with Gasteiger partial charge in [-0.05, 0) is 42.4 Å². The van der Waals surface area contributed by atoms with E-state index in [4.69, 9.17) is 16.3 Å². The molecule has 0 radical (unpaired) electrons. The Morgan fingerprint density at radius 2 is 2.14 bits per heavy atom. The Balaban J connectivity index is 1.95. The lowest BCUT2D eigenvalue weighted by molar-refractivity contribution is -0.141. The quantitative estimate of drug-likeness (QED) is 0.864. The van der Waals surface area contributed by atoms with Gasteiger partial charge in [0.2, 0.25) is 5.91 Å². The molecule has 0 saturated heterocycles. The van der Waals surface area contributed by atoms with E-state index in [1.54, 1.807) is 18.2 Å². The monoisotopic (exact) mass is 321 g/mol. The van der Waals surface area contributed by atoms with E-state index in [1.165, 1.54) is 7.11 Å². The Kier molecular flexibility index (Phi) is 3.48. The van der Waals surface area contributed by atoms with Gasteiger partial charge < -0.3 is 10.1 Å². The van der Waals surface area contributed by atoms with Crippen molar-refractivity contribution in [2.75, 3.05) is 12.4 Å². The van der Waals surface area contributed by atoms with Crippen molar-refractivity contribution in [3.05, 3.63) is 23.2 Å². The van der Waals surface area contributed by atoms with Crippen molar-refractivity contribution in [1.29, 1.82) is 0 Å². The SMILES string of the molecule is COc1ccc(Cl)cc1NC(=O)C12CCC(CC1=O)C2(C)C. The highest BCUT2D eigenvalue weighted by molar-refractivity contribution is 6.31. The predicted molar refractivity (Wildman–Crippen MR) is 85.2 cm³/mol. The number of benzene rings is 1. The van der Waals surface area contributed by atoms with Crippen LogP contribution < -0.4 is 10.1 Å². The maximum Gasteiger partial charge on any atom is 0.238 e. The van der Waals surface area contributed by atoms with Crippen LogP contribution in [0.5, 0.6) is 5.75 Å². The molecule has 2 aliphatic carbocycles. The zero-order chi connectivity index (χ0) is 16.1. The topological polar surface area (TPSA) is 55.4 Å². The molecular formula is C17H20ClNO3. The smallest absolute Gasteiger partial charge is 0.238 e. The normalized spacial score (nSPS) is 28.7. The highest BCUT2D eigenvalue weighted by Crippen LogP contribution is 2.64. The maximum absolute atomic E-state index is 13.0. The Bertz CT molecular complexity index is 655. The fraction of sp³-hybridized carbons (Fsp3) is 0.529. The first-order valence-electron chi connectivity index (χ1n) is 7.51. The van der Waals surface area contributed by atoms with E-state index in [0.717, 1.165) is 6.42 Å². The molecule has 2 unspecified atom stereocenters. The van der Waals surface area contributed by atoms with Crippen LogP contribution >= 0.6 is 11.6 Å². The number of carbonyl (C=O) groups excluding carboxylic acids is 2. The summed E-state index contributed by atoms with van der Waals surface area (Å²) in [5.74, 6) is 0.661. The molecular weight excluding hydrogens is 302 g/mol. The molecule has 1 amide bonds. The lowest BCUT2D eigenvalue weighted by Gasteiger charge is -2.35. The van der Waals surface area contributed by atoms with Gasteiger partial charge >= 0.3 is 0 Å².